The Morgan fingerprint density at radius 1 is 0.973 bits per heavy atom. The topological polar surface area (TPSA) is 100 Å². The van der Waals surface area contributed by atoms with E-state index in [9.17, 15) is 5.26 Å². The van der Waals surface area contributed by atoms with Gasteiger partial charge in [-0.15, -0.1) is 0 Å². The molecule has 10 heteroatoms. The van der Waals surface area contributed by atoms with Gasteiger partial charge in [0.1, 0.15) is 27.9 Å². The lowest BCUT2D eigenvalue weighted by Gasteiger charge is -2.34. The maximum absolute atomic E-state index is 9.83. The fraction of sp³-hybridized carbons (Fsp3) is 0.370. The summed E-state index contributed by atoms with van der Waals surface area (Å²) in [5, 5.41) is 10.5. The van der Waals surface area contributed by atoms with Crippen molar-refractivity contribution in [1.82, 2.24) is 29.7 Å². The number of aromatic nitrogens is 4. The van der Waals surface area contributed by atoms with E-state index in [-0.39, 0.29) is 6.01 Å². The first-order valence-corrected chi connectivity index (χ1v) is 13.1. The molecule has 0 aliphatic carbocycles. The number of pyridine rings is 1. The fourth-order valence-electron chi connectivity index (χ4n) is 4.28. The zero-order valence-electron chi connectivity index (χ0n) is 20.8. The Hall–Kier alpha value is -3.49. The molecule has 1 saturated heterocycles. The number of piperazine rings is 1. The molecule has 9 nitrogen and oxygen atoms in total. The van der Waals surface area contributed by atoms with Crippen molar-refractivity contribution >= 4 is 21.7 Å². The minimum absolute atomic E-state index is 0.243. The maximum Gasteiger partial charge on any atom is 0.316 e. The third kappa shape index (κ3) is 6.45. The molecule has 0 amide bonds. The van der Waals surface area contributed by atoms with Gasteiger partial charge in [0, 0.05) is 58.8 Å². The average molecular weight is 516 g/mol. The number of thiazole rings is 1. The highest BCUT2D eigenvalue weighted by molar-refractivity contribution is 7.18. The van der Waals surface area contributed by atoms with Gasteiger partial charge >= 0.3 is 6.01 Å². The molecule has 1 aliphatic rings. The van der Waals surface area contributed by atoms with Gasteiger partial charge < -0.3 is 9.47 Å². The lowest BCUT2D eigenvalue weighted by atomic mass is 10.1. The summed E-state index contributed by atoms with van der Waals surface area (Å²) in [7, 11) is 1.75. The van der Waals surface area contributed by atoms with Crippen LogP contribution in [0.5, 0.6) is 6.01 Å². The van der Waals surface area contributed by atoms with E-state index in [1.165, 1.54) is 16.9 Å². The molecule has 0 N–H and O–H groups in total. The summed E-state index contributed by atoms with van der Waals surface area (Å²) < 4.78 is 11.1. The predicted molar refractivity (Wildman–Crippen MR) is 141 cm³/mol. The van der Waals surface area contributed by atoms with Crippen LogP contribution < -0.4 is 4.74 Å². The fourth-order valence-corrected chi connectivity index (χ4v) is 5.25. The summed E-state index contributed by atoms with van der Waals surface area (Å²) in [6, 6.07) is 16.5. The molecule has 0 bridgehead atoms. The van der Waals surface area contributed by atoms with Gasteiger partial charge in [0.15, 0.2) is 0 Å². The average Bonchev–Trinajstić information content (AvgIpc) is 3.37. The highest BCUT2D eigenvalue weighted by Crippen LogP contribution is 2.30. The van der Waals surface area contributed by atoms with Gasteiger partial charge in [-0.1, -0.05) is 35.6 Å². The standard InChI is InChI=1S/C27H29N7O2S/c1-35-16-15-33-11-13-34(14-12-33)18-20-4-6-21(7-5-20)19-36-27-30-10-8-23(32-27)22(17-28)25-31-24-3-2-9-29-26(24)37-25/h2-10,22H,11-16,18-19H2,1H3. The molecule has 0 saturated carbocycles. The summed E-state index contributed by atoms with van der Waals surface area (Å²) in [6.07, 6.45) is 3.34. The van der Waals surface area contributed by atoms with E-state index in [1.54, 1.807) is 25.6 Å². The number of ether oxygens (including phenoxy) is 2. The molecule has 1 unspecified atom stereocenters. The number of fused-ring (bicyclic) bond motifs is 1. The molecule has 1 aromatic carbocycles. The molecular weight excluding hydrogens is 486 g/mol. The summed E-state index contributed by atoms with van der Waals surface area (Å²) in [5.41, 5.74) is 3.66. The van der Waals surface area contributed by atoms with Gasteiger partial charge in [0.2, 0.25) is 0 Å². The minimum Gasteiger partial charge on any atom is -0.459 e. The van der Waals surface area contributed by atoms with Crippen molar-refractivity contribution in [2.24, 2.45) is 0 Å². The summed E-state index contributed by atoms with van der Waals surface area (Å²) in [5.74, 6) is -0.606. The van der Waals surface area contributed by atoms with Crippen molar-refractivity contribution in [1.29, 1.82) is 5.26 Å². The third-order valence-corrected chi connectivity index (χ3v) is 7.43. The zero-order chi connectivity index (χ0) is 25.5. The van der Waals surface area contributed by atoms with Crippen LogP contribution in [0.1, 0.15) is 27.7 Å². The molecule has 4 aromatic rings. The molecule has 1 fully saturated rings. The predicted octanol–water partition coefficient (Wildman–Crippen LogP) is 3.48. The summed E-state index contributed by atoms with van der Waals surface area (Å²) in [4.78, 5) is 23.4. The molecule has 1 atom stereocenters. The number of benzene rings is 1. The molecule has 0 radical (unpaired) electrons. The highest BCUT2D eigenvalue weighted by Gasteiger charge is 2.21. The first kappa shape index (κ1) is 25.2. The third-order valence-electron chi connectivity index (χ3n) is 6.38. The lowest BCUT2D eigenvalue weighted by molar-refractivity contribution is 0.0938. The normalized spacial score (nSPS) is 15.5. The first-order chi connectivity index (χ1) is 18.2. The van der Waals surface area contributed by atoms with Gasteiger partial charge in [0.25, 0.3) is 0 Å². The van der Waals surface area contributed by atoms with Gasteiger partial charge in [-0.3, -0.25) is 9.80 Å². The van der Waals surface area contributed by atoms with Crippen LogP contribution in [0.2, 0.25) is 0 Å². The second-order valence-corrected chi connectivity index (χ2v) is 9.93. The Kier molecular flexibility index (Phi) is 8.28. The van der Waals surface area contributed by atoms with E-state index in [4.69, 9.17) is 9.47 Å². The zero-order valence-corrected chi connectivity index (χ0v) is 21.6. The largest absolute Gasteiger partial charge is 0.459 e. The SMILES string of the molecule is COCCN1CCN(Cc2ccc(COc3nccc(C(C#N)c4nc5cccnc5s4)n3)cc2)CC1. The van der Waals surface area contributed by atoms with Crippen LogP contribution in [0.15, 0.2) is 54.9 Å². The van der Waals surface area contributed by atoms with Gasteiger partial charge in [-0.25, -0.2) is 15.0 Å². The molecule has 4 heterocycles. The van der Waals surface area contributed by atoms with Crippen LogP contribution >= 0.6 is 11.3 Å². The lowest BCUT2D eigenvalue weighted by Crippen LogP contribution is -2.46. The quantitative estimate of drug-likeness (QED) is 0.314. The number of nitrogens with zero attached hydrogens (tertiary/aromatic N) is 7. The summed E-state index contributed by atoms with van der Waals surface area (Å²) in [6.45, 7) is 7.39. The molecule has 0 spiro atoms. The van der Waals surface area contributed by atoms with E-state index >= 15 is 0 Å². The van der Waals surface area contributed by atoms with E-state index in [2.05, 4.69) is 60.1 Å². The van der Waals surface area contributed by atoms with Crippen LogP contribution in [0.4, 0.5) is 0 Å². The van der Waals surface area contributed by atoms with Gasteiger partial charge in [0.05, 0.1) is 18.4 Å². The summed E-state index contributed by atoms with van der Waals surface area (Å²) >= 11 is 1.40. The van der Waals surface area contributed by atoms with Crippen LogP contribution in [0.25, 0.3) is 10.3 Å². The Balaban J connectivity index is 1.16. The van der Waals surface area contributed by atoms with Crippen molar-refractivity contribution in [2.45, 2.75) is 19.1 Å². The minimum atomic E-state index is -0.606. The van der Waals surface area contributed by atoms with Crippen molar-refractivity contribution in [3.63, 3.8) is 0 Å². The molecule has 3 aromatic heterocycles. The van der Waals surface area contributed by atoms with E-state index in [0.717, 1.165) is 61.8 Å². The van der Waals surface area contributed by atoms with Crippen LogP contribution in [0, 0.1) is 11.3 Å². The second-order valence-electron chi connectivity index (χ2n) is 8.92. The van der Waals surface area contributed by atoms with E-state index < -0.39 is 5.92 Å². The number of hydrogen-bond donors (Lipinski definition) is 0. The second kappa shape index (κ2) is 12.2. The highest BCUT2D eigenvalue weighted by atomic mass is 32.1. The number of nitriles is 1. The van der Waals surface area contributed by atoms with E-state index in [1.807, 2.05) is 12.1 Å². The Bertz CT molecular complexity index is 1310. The van der Waals surface area contributed by atoms with Crippen molar-refractivity contribution in [3.05, 3.63) is 76.7 Å². The monoisotopic (exact) mass is 515 g/mol. The molecule has 5 rings (SSSR count). The van der Waals surface area contributed by atoms with Crippen LogP contribution in [-0.4, -0.2) is 76.2 Å². The molecule has 37 heavy (non-hydrogen) atoms. The number of hydrogen-bond acceptors (Lipinski definition) is 10. The van der Waals surface area contributed by atoms with Crippen LogP contribution in [0.3, 0.4) is 0 Å². The smallest absolute Gasteiger partial charge is 0.316 e. The first-order valence-electron chi connectivity index (χ1n) is 12.3. The Morgan fingerprint density at radius 3 is 2.51 bits per heavy atom. The number of rotatable bonds is 10. The molecule has 1 aliphatic heterocycles. The van der Waals surface area contributed by atoms with Crippen molar-refractivity contribution < 1.29 is 9.47 Å². The van der Waals surface area contributed by atoms with Crippen LogP contribution in [-0.2, 0) is 17.9 Å². The Labute approximate surface area is 220 Å². The van der Waals surface area contributed by atoms with Crippen molar-refractivity contribution in [3.8, 4) is 12.1 Å². The maximum atomic E-state index is 9.83. The Morgan fingerprint density at radius 2 is 1.76 bits per heavy atom. The molecular formula is C27H29N7O2S. The van der Waals surface area contributed by atoms with E-state index in [0.29, 0.717) is 17.3 Å². The van der Waals surface area contributed by atoms with Crippen molar-refractivity contribution in [2.75, 3.05) is 46.4 Å². The molecule has 190 valence electrons. The van der Waals surface area contributed by atoms with Gasteiger partial charge in [-0.2, -0.15) is 10.2 Å². The van der Waals surface area contributed by atoms with Gasteiger partial charge in [-0.05, 0) is 29.3 Å². The number of methoxy groups -OCH3 is 1.